The SMILES string of the molecule is COc1ccc2c(c1)C(=O)CC1(CCN(C(=O)C(C)(C)Oc3ccc(Cl)cc3)CC1)O2. The van der Waals surface area contributed by atoms with Crippen LogP contribution in [-0.4, -0.2) is 48.0 Å². The summed E-state index contributed by atoms with van der Waals surface area (Å²) in [5, 5.41) is 0.611. The zero-order chi connectivity index (χ0) is 22.2. The highest BCUT2D eigenvalue weighted by Gasteiger charge is 2.45. The molecule has 2 aliphatic heterocycles. The van der Waals surface area contributed by atoms with Gasteiger partial charge in [0.25, 0.3) is 5.91 Å². The van der Waals surface area contributed by atoms with Gasteiger partial charge >= 0.3 is 0 Å². The van der Waals surface area contributed by atoms with E-state index in [1.165, 1.54) is 0 Å². The number of likely N-dealkylation sites (tertiary alicyclic amines) is 1. The Bertz CT molecular complexity index is 994. The third-order valence-corrected chi connectivity index (χ3v) is 6.21. The molecule has 2 aromatic rings. The number of nitrogens with zero attached hydrogens (tertiary/aromatic N) is 1. The minimum absolute atomic E-state index is 0.0475. The largest absolute Gasteiger partial charge is 0.497 e. The molecule has 1 fully saturated rings. The molecule has 0 aliphatic carbocycles. The summed E-state index contributed by atoms with van der Waals surface area (Å²) in [5.74, 6) is 1.76. The Kier molecular flexibility index (Phi) is 5.60. The highest BCUT2D eigenvalue weighted by atomic mass is 35.5. The van der Waals surface area contributed by atoms with Crippen molar-refractivity contribution in [3.8, 4) is 17.2 Å². The number of piperidine rings is 1. The molecular weight excluding hydrogens is 418 g/mol. The van der Waals surface area contributed by atoms with Gasteiger partial charge in [0.15, 0.2) is 11.4 Å². The first-order valence-electron chi connectivity index (χ1n) is 10.4. The van der Waals surface area contributed by atoms with Crippen molar-refractivity contribution in [2.75, 3.05) is 20.2 Å². The molecule has 0 radical (unpaired) electrons. The van der Waals surface area contributed by atoms with Gasteiger partial charge in [0.1, 0.15) is 22.8 Å². The molecule has 2 aliphatic rings. The van der Waals surface area contributed by atoms with Gasteiger partial charge in [0.2, 0.25) is 0 Å². The van der Waals surface area contributed by atoms with E-state index in [1.807, 2.05) is 0 Å². The number of carbonyl (C=O) groups excluding carboxylic acids is 2. The third-order valence-electron chi connectivity index (χ3n) is 5.96. The fourth-order valence-corrected chi connectivity index (χ4v) is 4.34. The average Bonchev–Trinajstić information content (AvgIpc) is 2.75. The van der Waals surface area contributed by atoms with Gasteiger partial charge < -0.3 is 19.1 Å². The Morgan fingerprint density at radius 2 is 1.74 bits per heavy atom. The van der Waals surface area contributed by atoms with E-state index in [2.05, 4.69) is 0 Å². The first kappa shape index (κ1) is 21.5. The quantitative estimate of drug-likeness (QED) is 0.694. The number of ketones is 1. The lowest BCUT2D eigenvalue weighted by Gasteiger charge is -2.45. The predicted molar refractivity (Wildman–Crippen MR) is 117 cm³/mol. The maximum atomic E-state index is 13.1. The van der Waals surface area contributed by atoms with Crippen LogP contribution >= 0.6 is 11.6 Å². The number of hydrogen-bond donors (Lipinski definition) is 0. The molecule has 2 aromatic carbocycles. The van der Waals surface area contributed by atoms with Gasteiger partial charge in [-0.05, 0) is 56.3 Å². The summed E-state index contributed by atoms with van der Waals surface area (Å²) >= 11 is 5.92. The number of rotatable bonds is 4. The van der Waals surface area contributed by atoms with E-state index >= 15 is 0 Å². The Labute approximate surface area is 187 Å². The van der Waals surface area contributed by atoms with Crippen molar-refractivity contribution < 1.29 is 23.8 Å². The summed E-state index contributed by atoms with van der Waals surface area (Å²) < 4.78 is 17.5. The van der Waals surface area contributed by atoms with Gasteiger partial charge in [-0.1, -0.05) is 11.6 Å². The van der Waals surface area contributed by atoms with Gasteiger partial charge in [0, 0.05) is 31.0 Å². The number of hydrogen-bond acceptors (Lipinski definition) is 5. The molecule has 0 unspecified atom stereocenters. The molecule has 0 N–H and O–H groups in total. The van der Waals surface area contributed by atoms with Gasteiger partial charge in [0.05, 0.1) is 19.1 Å². The molecule has 0 bridgehead atoms. The molecule has 0 atom stereocenters. The molecule has 7 heteroatoms. The predicted octanol–water partition coefficient (Wildman–Crippen LogP) is 4.53. The zero-order valence-electron chi connectivity index (χ0n) is 17.9. The average molecular weight is 444 g/mol. The van der Waals surface area contributed by atoms with Crippen LogP contribution in [0.1, 0.15) is 43.5 Å². The summed E-state index contributed by atoms with van der Waals surface area (Å²) in [5.41, 5.74) is -1.04. The minimum atomic E-state index is -1.02. The molecule has 0 aromatic heterocycles. The van der Waals surface area contributed by atoms with E-state index in [0.717, 1.165) is 0 Å². The van der Waals surface area contributed by atoms with Crippen LogP contribution in [0.3, 0.4) is 0 Å². The van der Waals surface area contributed by atoms with Gasteiger partial charge in [-0.3, -0.25) is 9.59 Å². The van der Waals surface area contributed by atoms with Crippen molar-refractivity contribution in [2.45, 2.75) is 44.3 Å². The lowest BCUT2D eigenvalue weighted by atomic mass is 9.82. The maximum absolute atomic E-state index is 13.1. The summed E-state index contributed by atoms with van der Waals surface area (Å²) in [6, 6.07) is 12.3. The van der Waals surface area contributed by atoms with E-state index in [-0.39, 0.29) is 11.7 Å². The summed E-state index contributed by atoms with van der Waals surface area (Å²) in [6.07, 6.45) is 1.49. The Morgan fingerprint density at radius 3 is 2.39 bits per heavy atom. The van der Waals surface area contributed by atoms with Crippen LogP contribution < -0.4 is 14.2 Å². The normalized spacial score (nSPS) is 17.7. The van der Waals surface area contributed by atoms with Crippen LogP contribution in [0.2, 0.25) is 5.02 Å². The van der Waals surface area contributed by atoms with Crippen molar-refractivity contribution in [1.29, 1.82) is 0 Å². The van der Waals surface area contributed by atoms with Gasteiger partial charge in [-0.15, -0.1) is 0 Å². The van der Waals surface area contributed by atoms with Crippen molar-refractivity contribution in [3.05, 3.63) is 53.1 Å². The fourth-order valence-electron chi connectivity index (χ4n) is 4.22. The van der Waals surface area contributed by atoms with Crippen molar-refractivity contribution in [3.63, 3.8) is 0 Å². The lowest BCUT2D eigenvalue weighted by Crippen LogP contribution is -2.56. The summed E-state index contributed by atoms with van der Waals surface area (Å²) in [4.78, 5) is 27.7. The van der Waals surface area contributed by atoms with Crippen LogP contribution in [0.5, 0.6) is 17.2 Å². The van der Waals surface area contributed by atoms with E-state index in [4.69, 9.17) is 25.8 Å². The molecule has 4 rings (SSSR count). The number of amides is 1. The monoisotopic (exact) mass is 443 g/mol. The molecule has 31 heavy (non-hydrogen) atoms. The minimum Gasteiger partial charge on any atom is -0.497 e. The van der Waals surface area contributed by atoms with Crippen molar-refractivity contribution >= 4 is 23.3 Å². The smallest absolute Gasteiger partial charge is 0.266 e. The summed E-state index contributed by atoms with van der Waals surface area (Å²) in [7, 11) is 1.57. The Hall–Kier alpha value is -2.73. The van der Waals surface area contributed by atoms with Crippen LogP contribution in [0.15, 0.2) is 42.5 Å². The molecule has 0 saturated carbocycles. The Balaban J connectivity index is 1.42. The lowest BCUT2D eigenvalue weighted by molar-refractivity contribution is -0.149. The number of fused-ring (bicyclic) bond motifs is 1. The number of halogens is 1. The second kappa shape index (κ2) is 8.08. The van der Waals surface area contributed by atoms with Crippen LogP contribution in [0.25, 0.3) is 0 Å². The number of Topliss-reactive ketones (excluding diaryl/α,β-unsaturated/α-hetero) is 1. The van der Waals surface area contributed by atoms with Gasteiger partial charge in [-0.2, -0.15) is 0 Å². The number of carbonyl (C=O) groups is 2. The maximum Gasteiger partial charge on any atom is 0.266 e. The highest BCUT2D eigenvalue weighted by molar-refractivity contribution is 6.30. The van der Waals surface area contributed by atoms with Gasteiger partial charge in [-0.25, -0.2) is 0 Å². The van der Waals surface area contributed by atoms with E-state index in [0.29, 0.717) is 60.2 Å². The van der Waals surface area contributed by atoms with E-state index in [9.17, 15) is 9.59 Å². The van der Waals surface area contributed by atoms with Crippen molar-refractivity contribution in [2.24, 2.45) is 0 Å². The molecule has 2 heterocycles. The van der Waals surface area contributed by atoms with E-state index < -0.39 is 11.2 Å². The second-order valence-corrected chi connectivity index (χ2v) is 9.04. The third kappa shape index (κ3) is 4.35. The highest BCUT2D eigenvalue weighted by Crippen LogP contribution is 2.41. The molecule has 1 spiro atoms. The first-order chi connectivity index (χ1) is 14.7. The van der Waals surface area contributed by atoms with Crippen LogP contribution in [0, 0.1) is 0 Å². The second-order valence-electron chi connectivity index (χ2n) is 8.61. The van der Waals surface area contributed by atoms with Crippen LogP contribution in [0.4, 0.5) is 0 Å². The molecule has 1 amide bonds. The number of benzene rings is 2. The molecule has 6 nitrogen and oxygen atoms in total. The standard InChI is InChI=1S/C24H26ClNO5/c1-23(2,30-17-6-4-16(25)5-7-17)22(28)26-12-10-24(11-13-26)15-20(27)19-14-18(29-3)8-9-21(19)31-24/h4-9,14H,10-13,15H2,1-3H3. The molecule has 1 saturated heterocycles. The fraction of sp³-hybridized carbons (Fsp3) is 0.417. The Morgan fingerprint density at radius 1 is 1.10 bits per heavy atom. The van der Waals surface area contributed by atoms with Crippen molar-refractivity contribution in [1.82, 2.24) is 4.90 Å². The number of methoxy groups -OCH3 is 1. The van der Waals surface area contributed by atoms with E-state index in [1.54, 1.807) is 68.3 Å². The zero-order valence-corrected chi connectivity index (χ0v) is 18.7. The molecular formula is C24H26ClNO5. The topological polar surface area (TPSA) is 65.1 Å². The van der Waals surface area contributed by atoms with Crippen LogP contribution in [-0.2, 0) is 4.79 Å². The number of ether oxygens (including phenoxy) is 3. The summed E-state index contributed by atoms with van der Waals surface area (Å²) in [6.45, 7) is 4.53. The molecule has 164 valence electrons. The first-order valence-corrected chi connectivity index (χ1v) is 10.7.